The van der Waals surface area contributed by atoms with Crippen molar-refractivity contribution in [1.29, 1.82) is 0 Å². The van der Waals surface area contributed by atoms with Crippen LogP contribution in [-0.4, -0.2) is 15.3 Å². The maximum absolute atomic E-state index is 4.70. The first-order valence-electron chi connectivity index (χ1n) is 7.28. The topological polar surface area (TPSA) is 29.9 Å². The van der Waals surface area contributed by atoms with Crippen molar-refractivity contribution in [2.24, 2.45) is 0 Å². The molecule has 114 valence electrons. The van der Waals surface area contributed by atoms with Crippen LogP contribution in [0, 0.1) is 17.4 Å². The predicted octanol–water partition coefficient (Wildman–Crippen LogP) is 4.04. The number of hydrogen-bond acceptors (Lipinski definition) is 2. The van der Waals surface area contributed by atoms with Gasteiger partial charge >= 0.3 is 0 Å². The zero-order chi connectivity index (χ0) is 15.6. The Labute approximate surface area is 141 Å². The third kappa shape index (κ3) is 4.54. The van der Waals surface area contributed by atoms with E-state index >= 15 is 0 Å². The summed E-state index contributed by atoms with van der Waals surface area (Å²) >= 11 is 2.33. The number of nitrogens with zero attached hydrogens (tertiary/aromatic N) is 2. The maximum Gasteiger partial charge on any atom is 0.0662 e. The number of hydrogen-bond donors (Lipinski definition) is 1. The van der Waals surface area contributed by atoms with Gasteiger partial charge in [0.15, 0.2) is 0 Å². The minimum absolute atomic E-state index is 0.122. The molecule has 0 fully saturated rings. The Morgan fingerprint density at radius 3 is 2.33 bits per heavy atom. The summed E-state index contributed by atoms with van der Waals surface area (Å²) in [5.41, 5.74) is 5.10. The van der Waals surface area contributed by atoms with E-state index in [-0.39, 0.29) is 5.54 Å². The number of aryl methyl sites for hydroxylation is 1. The fourth-order valence-corrected chi connectivity index (χ4v) is 2.62. The Hall–Kier alpha value is -0.880. The Morgan fingerprint density at radius 2 is 1.76 bits per heavy atom. The third-order valence-corrected chi connectivity index (χ3v) is 4.29. The Bertz CT molecular complexity index is 606. The van der Waals surface area contributed by atoms with Gasteiger partial charge in [-0.3, -0.25) is 4.68 Å². The normalized spacial score (nSPS) is 11.9. The summed E-state index contributed by atoms with van der Waals surface area (Å²) in [6.07, 6.45) is 0. The summed E-state index contributed by atoms with van der Waals surface area (Å²) in [6, 6.07) is 8.63. The van der Waals surface area contributed by atoms with Gasteiger partial charge in [-0.25, -0.2) is 0 Å². The molecule has 0 radical (unpaired) electrons. The predicted molar refractivity (Wildman–Crippen MR) is 96.6 cm³/mol. The minimum atomic E-state index is 0.122. The lowest BCUT2D eigenvalue weighted by molar-refractivity contribution is 0.423. The lowest BCUT2D eigenvalue weighted by Gasteiger charge is -2.20. The van der Waals surface area contributed by atoms with Crippen LogP contribution in [0.4, 0.5) is 0 Å². The standard InChI is InChI=1S/C17H24IN3/c1-12-16(10-19-17(3,4)5)13(2)21(20-12)11-14-6-8-15(18)9-7-14/h6-9,19H,10-11H2,1-5H3. The lowest BCUT2D eigenvalue weighted by atomic mass is 10.1. The highest BCUT2D eigenvalue weighted by Crippen LogP contribution is 2.16. The maximum atomic E-state index is 4.70. The molecule has 0 saturated carbocycles. The van der Waals surface area contributed by atoms with E-state index in [9.17, 15) is 0 Å². The molecule has 21 heavy (non-hydrogen) atoms. The van der Waals surface area contributed by atoms with E-state index < -0.39 is 0 Å². The summed E-state index contributed by atoms with van der Waals surface area (Å²) in [5.74, 6) is 0. The number of nitrogens with one attached hydrogen (secondary N) is 1. The van der Waals surface area contributed by atoms with Gasteiger partial charge in [0.05, 0.1) is 12.2 Å². The number of rotatable bonds is 4. The highest BCUT2D eigenvalue weighted by Gasteiger charge is 2.15. The van der Waals surface area contributed by atoms with Crippen molar-refractivity contribution in [2.45, 2.75) is 53.2 Å². The molecule has 0 aliphatic heterocycles. The second-order valence-electron chi connectivity index (χ2n) is 6.54. The molecule has 4 heteroatoms. The van der Waals surface area contributed by atoms with Crippen LogP contribution < -0.4 is 5.32 Å². The molecule has 1 aromatic heterocycles. The van der Waals surface area contributed by atoms with E-state index in [1.807, 2.05) is 0 Å². The van der Waals surface area contributed by atoms with Crippen LogP contribution in [0.15, 0.2) is 24.3 Å². The number of benzene rings is 1. The fraction of sp³-hybridized carbons (Fsp3) is 0.471. The third-order valence-electron chi connectivity index (χ3n) is 3.57. The van der Waals surface area contributed by atoms with Gasteiger partial charge in [-0.15, -0.1) is 0 Å². The summed E-state index contributed by atoms with van der Waals surface area (Å²) in [5, 5.41) is 8.25. The van der Waals surface area contributed by atoms with Crippen molar-refractivity contribution in [2.75, 3.05) is 0 Å². The molecule has 0 amide bonds. The van der Waals surface area contributed by atoms with Crippen LogP contribution >= 0.6 is 22.6 Å². The Balaban J connectivity index is 2.16. The smallest absolute Gasteiger partial charge is 0.0662 e. The van der Waals surface area contributed by atoms with Crippen molar-refractivity contribution in [3.8, 4) is 0 Å². The first kappa shape index (κ1) is 16.5. The molecule has 0 bridgehead atoms. The van der Waals surface area contributed by atoms with Gasteiger partial charge < -0.3 is 5.32 Å². The summed E-state index contributed by atoms with van der Waals surface area (Å²) in [7, 11) is 0. The van der Waals surface area contributed by atoms with Crippen LogP contribution in [0.1, 0.15) is 43.3 Å². The second-order valence-corrected chi connectivity index (χ2v) is 7.78. The van der Waals surface area contributed by atoms with Gasteiger partial charge in [0, 0.05) is 26.9 Å². The minimum Gasteiger partial charge on any atom is -0.308 e. The van der Waals surface area contributed by atoms with Crippen molar-refractivity contribution in [1.82, 2.24) is 15.1 Å². The second kappa shape index (κ2) is 6.48. The molecule has 2 aromatic rings. The molecule has 1 N–H and O–H groups in total. The van der Waals surface area contributed by atoms with Crippen molar-refractivity contribution in [3.05, 3.63) is 50.4 Å². The first-order chi connectivity index (χ1) is 9.76. The molecule has 2 rings (SSSR count). The molecule has 0 spiro atoms. The lowest BCUT2D eigenvalue weighted by Crippen LogP contribution is -2.35. The summed E-state index contributed by atoms with van der Waals surface area (Å²) in [4.78, 5) is 0. The monoisotopic (exact) mass is 397 g/mol. The molecule has 1 heterocycles. The van der Waals surface area contributed by atoms with Crippen molar-refractivity contribution < 1.29 is 0 Å². The number of halogens is 1. The average molecular weight is 397 g/mol. The van der Waals surface area contributed by atoms with E-state index in [4.69, 9.17) is 5.10 Å². The fourth-order valence-electron chi connectivity index (χ4n) is 2.26. The largest absolute Gasteiger partial charge is 0.308 e. The van der Waals surface area contributed by atoms with Crippen LogP contribution in [-0.2, 0) is 13.1 Å². The zero-order valence-corrected chi connectivity index (χ0v) is 15.7. The van der Waals surface area contributed by atoms with Crippen LogP contribution in [0.2, 0.25) is 0 Å². The van der Waals surface area contributed by atoms with Gasteiger partial charge in [-0.1, -0.05) is 12.1 Å². The van der Waals surface area contributed by atoms with Gasteiger partial charge in [-0.2, -0.15) is 5.10 Å². The Kier molecular flexibility index (Phi) is 5.09. The van der Waals surface area contributed by atoms with E-state index in [0.29, 0.717) is 0 Å². The first-order valence-corrected chi connectivity index (χ1v) is 8.36. The zero-order valence-electron chi connectivity index (χ0n) is 13.5. The molecule has 0 atom stereocenters. The van der Waals surface area contributed by atoms with E-state index in [2.05, 4.69) is 91.5 Å². The molecule has 0 aliphatic carbocycles. The molecule has 3 nitrogen and oxygen atoms in total. The molecule has 1 aromatic carbocycles. The highest BCUT2D eigenvalue weighted by atomic mass is 127. The average Bonchev–Trinajstić information content (AvgIpc) is 2.64. The molecular formula is C17H24IN3. The van der Waals surface area contributed by atoms with Gasteiger partial charge in [0.1, 0.15) is 0 Å². The van der Waals surface area contributed by atoms with E-state index in [0.717, 1.165) is 18.8 Å². The molecule has 0 unspecified atom stereocenters. The number of aromatic nitrogens is 2. The molecule has 0 aliphatic rings. The van der Waals surface area contributed by atoms with Crippen molar-refractivity contribution >= 4 is 22.6 Å². The van der Waals surface area contributed by atoms with Gasteiger partial charge in [0.25, 0.3) is 0 Å². The summed E-state index contributed by atoms with van der Waals surface area (Å²) in [6.45, 7) is 12.5. The highest BCUT2D eigenvalue weighted by molar-refractivity contribution is 14.1. The van der Waals surface area contributed by atoms with Gasteiger partial charge in [-0.05, 0) is 74.9 Å². The molecular weight excluding hydrogens is 373 g/mol. The van der Waals surface area contributed by atoms with E-state index in [1.54, 1.807) is 0 Å². The van der Waals surface area contributed by atoms with E-state index in [1.165, 1.54) is 20.4 Å². The SMILES string of the molecule is Cc1nn(Cc2ccc(I)cc2)c(C)c1CNC(C)(C)C. The van der Waals surface area contributed by atoms with Crippen molar-refractivity contribution in [3.63, 3.8) is 0 Å². The quantitative estimate of drug-likeness (QED) is 0.790. The molecule has 0 saturated heterocycles. The summed E-state index contributed by atoms with van der Waals surface area (Å²) < 4.78 is 3.37. The van der Waals surface area contributed by atoms with Gasteiger partial charge in [0.2, 0.25) is 0 Å². The Morgan fingerprint density at radius 1 is 1.14 bits per heavy atom. The van der Waals surface area contributed by atoms with Crippen LogP contribution in [0.3, 0.4) is 0 Å². The van der Waals surface area contributed by atoms with Crippen LogP contribution in [0.5, 0.6) is 0 Å². The van der Waals surface area contributed by atoms with Crippen LogP contribution in [0.25, 0.3) is 0 Å².